The van der Waals surface area contributed by atoms with Gasteiger partial charge in [-0.2, -0.15) is 0 Å². The van der Waals surface area contributed by atoms with Crippen molar-refractivity contribution in [3.8, 4) is 0 Å². The second kappa shape index (κ2) is 5.47. The van der Waals surface area contributed by atoms with Crippen LogP contribution < -0.4 is 5.73 Å². The summed E-state index contributed by atoms with van der Waals surface area (Å²) in [5.41, 5.74) is 7.27. The number of rotatable bonds is 4. The zero-order chi connectivity index (χ0) is 11.4. The molecule has 1 aromatic carbocycles. The third-order valence-electron chi connectivity index (χ3n) is 2.56. The van der Waals surface area contributed by atoms with Gasteiger partial charge in [0.2, 0.25) is 0 Å². The van der Waals surface area contributed by atoms with Crippen molar-refractivity contribution in [2.45, 2.75) is 39.2 Å². The smallest absolute Gasteiger partial charge is 0.129 e. The molecule has 0 bridgehead atoms. The molecule has 0 aliphatic carbocycles. The second-order valence-corrected chi connectivity index (χ2v) is 4.22. The Hall–Kier alpha value is -0.600. The molecule has 0 amide bonds. The van der Waals surface area contributed by atoms with E-state index < -0.39 is 0 Å². The van der Waals surface area contributed by atoms with Crippen LogP contribution in [0.2, 0.25) is 5.02 Å². The van der Waals surface area contributed by atoms with E-state index in [4.69, 9.17) is 17.3 Å². The lowest BCUT2D eigenvalue weighted by molar-refractivity contribution is 0.547. The fourth-order valence-electron chi connectivity index (χ4n) is 1.59. The average molecular weight is 230 g/mol. The summed E-state index contributed by atoms with van der Waals surface area (Å²) in [6.45, 7) is 3.94. The van der Waals surface area contributed by atoms with E-state index in [0.29, 0.717) is 10.6 Å². The first-order chi connectivity index (χ1) is 7.07. The number of unbranched alkanes of at least 4 members (excludes halogenated alkanes) is 1. The molecule has 15 heavy (non-hydrogen) atoms. The van der Waals surface area contributed by atoms with Crippen molar-refractivity contribution < 1.29 is 4.39 Å². The maximum atomic E-state index is 13.5. The van der Waals surface area contributed by atoms with Crippen molar-refractivity contribution in [1.82, 2.24) is 0 Å². The number of halogens is 2. The van der Waals surface area contributed by atoms with E-state index in [1.807, 2.05) is 6.92 Å². The van der Waals surface area contributed by atoms with Gasteiger partial charge in [-0.3, -0.25) is 0 Å². The molecule has 1 atom stereocenters. The molecule has 3 heteroatoms. The van der Waals surface area contributed by atoms with E-state index in [-0.39, 0.29) is 11.9 Å². The van der Waals surface area contributed by atoms with Gasteiger partial charge in [-0.05, 0) is 25.0 Å². The first-order valence-corrected chi connectivity index (χ1v) is 5.65. The van der Waals surface area contributed by atoms with Crippen LogP contribution in [0.15, 0.2) is 12.1 Å². The molecule has 0 radical (unpaired) electrons. The van der Waals surface area contributed by atoms with E-state index in [2.05, 4.69) is 6.92 Å². The minimum absolute atomic E-state index is 0.294. The van der Waals surface area contributed by atoms with E-state index in [9.17, 15) is 4.39 Å². The van der Waals surface area contributed by atoms with Crippen molar-refractivity contribution in [2.24, 2.45) is 5.73 Å². The van der Waals surface area contributed by atoms with Crippen molar-refractivity contribution in [1.29, 1.82) is 0 Å². The molecule has 0 aromatic heterocycles. The lowest BCUT2D eigenvalue weighted by Gasteiger charge is -2.15. The van der Waals surface area contributed by atoms with Gasteiger partial charge < -0.3 is 5.73 Å². The number of aryl methyl sites for hydroxylation is 1. The summed E-state index contributed by atoms with van der Waals surface area (Å²) in [5, 5.41) is 0.471. The predicted molar refractivity (Wildman–Crippen MR) is 62.6 cm³/mol. The third-order valence-corrected chi connectivity index (χ3v) is 3.06. The van der Waals surface area contributed by atoms with Crippen LogP contribution in [-0.2, 0) is 0 Å². The van der Waals surface area contributed by atoms with Gasteiger partial charge in [0, 0.05) is 11.6 Å². The van der Waals surface area contributed by atoms with Gasteiger partial charge in [-0.1, -0.05) is 37.4 Å². The quantitative estimate of drug-likeness (QED) is 0.831. The van der Waals surface area contributed by atoms with Gasteiger partial charge in [-0.15, -0.1) is 0 Å². The highest BCUT2D eigenvalue weighted by atomic mass is 35.5. The average Bonchev–Trinajstić information content (AvgIpc) is 2.21. The van der Waals surface area contributed by atoms with Crippen LogP contribution >= 0.6 is 11.6 Å². The Morgan fingerprint density at radius 2 is 2.13 bits per heavy atom. The minimum atomic E-state index is -0.297. The van der Waals surface area contributed by atoms with E-state index in [0.717, 1.165) is 24.8 Å². The fraction of sp³-hybridized carbons (Fsp3) is 0.500. The molecule has 0 spiro atoms. The van der Waals surface area contributed by atoms with Gasteiger partial charge in [0.1, 0.15) is 5.82 Å². The molecule has 0 saturated carbocycles. The maximum absolute atomic E-state index is 13.5. The molecule has 0 saturated heterocycles. The topological polar surface area (TPSA) is 26.0 Å². The zero-order valence-corrected chi connectivity index (χ0v) is 9.94. The minimum Gasteiger partial charge on any atom is -0.324 e. The van der Waals surface area contributed by atoms with Gasteiger partial charge in [-0.25, -0.2) is 4.39 Å². The predicted octanol–water partition coefficient (Wildman–Crippen LogP) is 3.98. The lowest BCUT2D eigenvalue weighted by atomic mass is 9.99. The Morgan fingerprint density at radius 3 is 2.73 bits per heavy atom. The zero-order valence-electron chi connectivity index (χ0n) is 9.19. The molecule has 1 aromatic rings. The van der Waals surface area contributed by atoms with Crippen LogP contribution in [0, 0.1) is 12.7 Å². The third kappa shape index (κ3) is 2.93. The monoisotopic (exact) mass is 229 g/mol. The van der Waals surface area contributed by atoms with Gasteiger partial charge in [0.15, 0.2) is 0 Å². The van der Waals surface area contributed by atoms with Crippen LogP contribution in [0.1, 0.15) is 43.4 Å². The number of benzene rings is 1. The van der Waals surface area contributed by atoms with Crippen LogP contribution in [0.5, 0.6) is 0 Å². The Bertz CT molecular complexity index is 339. The van der Waals surface area contributed by atoms with Crippen LogP contribution in [-0.4, -0.2) is 0 Å². The summed E-state index contributed by atoms with van der Waals surface area (Å²) >= 11 is 6.05. The summed E-state index contributed by atoms with van der Waals surface area (Å²) in [6.07, 6.45) is 2.82. The summed E-state index contributed by atoms with van der Waals surface area (Å²) in [6, 6.07) is 2.81. The summed E-state index contributed by atoms with van der Waals surface area (Å²) in [5.74, 6) is -0.297. The molecule has 0 aliphatic heterocycles. The molecule has 0 heterocycles. The van der Waals surface area contributed by atoms with Gasteiger partial charge >= 0.3 is 0 Å². The standard InChI is InChI=1S/C12H17ClFN/c1-3-4-5-10(15)11-9(14)7-6-8(2)12(11)13/h6-7,10H,3-5,15H2,1-2H3/t10-/m1/s1. The van der Waals surface area contributed by atoms with Crippen LogP contribution in [0.3, 0.4) is 0 Å². The Morgan fingerprint density at radius 1 is 1.47 bits per heavy atom. The molecular weight excluding hydrogens is 213 g/mol. The Labute approximate surface area is 95.4 Å². The Kier molecular flexibility index (Phi) is 4.55. The van der Waals surface area contributed by atoms with Crippen molar-refractivity contribution in [3.05, 3.63) is 34.1 Å². The van der Waals surface area contributed by atoms with Crippen molar-refractivity contribution in [2.75, 3.05) is 0 Å². The summed E-state index contributed by atoms with van der Waals surface area (Å²) in [4.78, 5) is 0. The normalized spacial score (nSPS) is 12.9. The molecule has 1 rings (SSSR count). The first kappa shape index (κ1) is 12.5. The highest BCUT2D eigenvalue weighted by Crippen LogP contribution is 2.30. The highest BCUT2D eigenvalue weighted by Gasteiger charge is 2.16. The van der Waals surface area contributed by atoms with E-state index in [1.54, 1.807) is 6.07 Å². The van der Waals surface area contributed by atoms with E-state index >= 15 is 0 Å². The van der Waals surface area contributed by atoms with Gasteiger partial charge in [0.25, 0.3) is 0 Å². The van der Waals surface area contributed by atoms with Gasteiger partial charge in [0.05, 0.1) is 5.02 Å². The molecule has 0 unspecified atom stereocenters. The molecule has 0 aliphatic rings. The molecule has 0 fully saturated rings. The molecular formula is C12H17ClFN. The summed E-state index contributed by atoms with van der Waals surface area (Å²) in [7, 11) is 0. The SMILES string of the molecule is CCCC[C@@H](N)c1c(F)ccc(C)c1Cl. The highest BCUT2D eigenvalue weighted by molar-refractivity contribution is 6.32. The van der Waals surface area contributed by atoms with E-state index in [1.165, 1.54) is 6.07 Å². The molecule has 2 N–H and O–H groups in total. The van der Waals surface area contributed by atoms with Crippen molar-refractivity contribution >= 4 is 11.6 Å². The second-order valence-electron chi connectivity index (χ2n) is 3.84. The Balaban J connectivity index is 2.96. The van der Waals surface area contributed by atoms with Crippen molar-refractivity contribution in [3.63, 3.8) is 0 Å². The first-order valence-electron chi connectivity index (χ1n) is 5.28. The largest absolute Gasteiger partial charge is 0.324 e. The van der Waals surface area contributed by atoms with Crippen LogP contribution in [0.25, 0.3) is 0 Å². The molecule has 84 valence electrons. The lowest BCUT2D eigenvalue weighted by Crippen LogP contribution is -2.13. The maximum Gasteiger partial charge on any atom is 0.129 e. The van der Waals surface area contributed by atoms with Crippen LogP contribution in [0.4, 0.5) is 4.39 Å². The fourth-order valence-corrected chi connectivity index (χ4v) is 1.88. The number of nitrogens with two attached hydrogens (primary N) is 1. The number of hydrogen-bond acceptors (Lipinski definition) is 1. The molecule has 1 nitrogen and oxygen atoms in total. The summed E-state index contributed by atoms with van der Waals surface area (Å²) < 4.78 is 13.5. The number of hydrogen-bond donors (Lipinski definition) is 1.